The number of aliphatic hydroxyl groups is 1. The molecule has 4 rings (SSSR count). The number of nitrogens with zero attached hydrogens (tertiary/aromatic N) is 2. The van der Waals surface area contributed by atoms with E-state index in [4.69, 9.17) is 0 Å². The summed E-state index contributed by atoms with van der Waals surface area (Å²) in [7, 11) is 0. The highest BCUT2D eigenvalue weighted by atomic mass is 19.3. The van der Waals surface area contributed by atoms with Gasteiger partial charge in [-0.2, -0.15) is 8.78 Å². The first kappa shape index (κ1) is 17.7. The Bertz CT molecular complexity index is 957. The Morgan fingerprint density at radius 3 is 2.63 bits per heavy atom. The predicted molar refractivity (Wildman–Crippen MR) is 87.8 cm³/mol. The summed E-state index contributed by atoms with van der Waals surface area (Å²) in [5, 5.41) is 10.8. The van der Waals surface area contributed by atoms with Crippen molar-refractivity contribution in [3.8, 4) is 0 Å². The van der Waals surface area contributed by atoms with E-state index >= 15 is 0 Å². The molecule has 2 heterocycles. The molecular formula is C18H15F4N3O2. The highest BCUT2D eigenvalue weighted by molar-refractivity contribution is 6.06. The van der Waals surface area contributed by atoms with Crippen LogP contribution in [0.25, 0.3) is 10.9 Å². The lowest BCUT2D eigenvalue weighted by molar-refractivity contribution is -0.168. The van der Waals surface area contributed by atoms with Crippen LogP contribution in [0.5, 0.6) is 0 Å². The number of amides is 1. The zero-order valence-electron chi connectivity index (χ0n) is 13.9. The smallest absolute Gasteiger partial charge is 0.291 e. The summed E-state index contributed by atoms with van der Waals surface area (Å²) in [6.07, 6.45) is -4.98. The van der Waals surface area contributed by atoms with Crippen molar-refractivity contribution < 1.29 is 27.5 Å². The standard InChI is InChI=1S/C18H15F4N3O2/c19-15(20)14-8-18(27,17(21)22)25(24-14)16(26)11-7-13(9-5-6-9)23-12-4-2-1-3-10(11)12/h1-4,7,9,17,24,27H,5-6,8H2. The molecule has 1 aromatic carbocycles. The van der Waals surface area contributed by atoms with Gasteiger partial charge in [-0.05, 0) is 25.0 Å². The molecule has 9 heteroatoms. The number of pyridine rings is 1. The molecule has 142 valence electrons. The van der Waals surface area contributed by atoms with Gasteiger partial charge in [-0.1, -0.05) is 18.2 Å². The number of alkyl halides is 2. The van der Waals surface area contributed by atoms with E-state index in [0.29, 0.717) is 16.6 Å². The molecule has 2 aliphatic rings. The zero-order chi connectivity index (χ0) is 19.3. The van der Waals surface area contributed by atoms with E-state index in [1.807, 2.05) is 5.43 Å². The topological polar surface area (TPSA) is 65.5 Å². The number of aromatic nitrogens is 1. The average Bonchev–Trinajstić information content (AvgIpc) is 3.42. The van der Waals surface area contributed by atoms with Crippen LogP contribution < -0.4 is 5.43 Å². The minimum atomic E-state index is -3.44. The average molecular weight is 381 g/mol. The molecule has 5 nitrogen and oxygen atoms in total. The van der Waals surface area contributed by atoms with Crippen LogP contribution in [0.2, 0.25) is 0 Å². The molecule has 1 saturated heterocycles. The molecular weight excluding hydrogens is 366 g/mol. The maximum absolute atomic E-state index is 13.5. The number of benzene rings is 1. The SMILES string of the molecule is O=C(c1cc(C2CC2)nc2ccccc12)N1NC(=C(F)F)CC1(O)C(F)F. The second kappa shape index (κ2) is 6.19. The summed E-state index contributed by atoms with van der Waals surface area (Å²) < 4.78 is 52.8. The zero-order valence-corrected chi connectivity index (χ0v) is 13.9. The van der Waals surface area contributed by atoms with Crippen LogP contribution in [-0.4, -0.2) is 33.2 Å². The number of rotatable bonds is 3. The number of fused-ring (bicyclic) bond motifs is 1. The quantitative estimate of drug-likeness (QED) is 0.799. The maximum Gasteiger partial charge on any atom is 0.291 e. The Balaban J connectivity index is 1.83. The van der Waals surface area contributed by atoms with Crippen molar-refractivity contribution in [2.45, 2.75) is 37.3 Å². The molecule has 2 aromatic rings. The molecule has 1 aromatic heterocycles. The summed E-state index contributed by atoms with van der Waals surface area (Å²) in [6.45, 7) is 0. The minimum Gasteiger partial charge on any atom is -0.364 e. The first-order chi connectivity index (χ1) is 12.8. The lowest BCUT2D eigenvalue weighted by Gasteiger charge is -2.31. The van der Waals surface area contributed by atoms with E-state index in [9.17, 15) is 27.5 Å². The van der Waals surface area contributed by atoms with E-state index in [2.05, 4.69) is 4.98 Å². The van der Waals surface area contributed by atoms with Crippen molar-refractivity contribution in [2.75, 3.05) is 0 Å². The van der Waals surface area contributed by atoms with Gasteiger partial charge in [0.05, 0.1) is 17.5 Å². The molecule has 27 heavy (non-hydrogen) atoms. The van der Waals surface area contributed by atoms with Gasteiger partial charge in [0.15, 0.2) is 0 Å². The number of hydrogen-bond donors (Lipinski definition) is 2. The van der Waals surface area contributed by atoms with Crippen molar-refractivity contribution in [1.29, 1.82) is 0 Å². The minimum absolute atomic E-state index is 0.0228. The van der Waals surface area contributed by atoms with Gasteiger partial charge in [0.25, 0.3) is 18.4 Å². The van der Waals surface area contributed by atoms with Crippen LogP contribution in [0.4, 0.5) is 17.6 Å². The Labute approximate surface area is 151 Å². The van der Waals surface area contributed by atoms with Crippen LogP contribution >= 0.6 is 0 Å². The van der Waals surface area contributed by atoms with Crippen molar-refractivity contribution in [2.24, 2.45) is 0 Å². The van der Waals surface area contributed by atoms with Gasteiger partial charge >= 0.3 is 0 Å². The van der Waals surface area contributed by atoms with E-state index < -0.39 is 36.3 Å². The molecule has 1 unspecified atom stereocenters. The number of nitrogens with one attached hydrogen (secondary N) is 1. The molecule has 0 spiro atoms. The van der Waals surface area contributed by atoms with E-state index in [0.717, 1.165) is 12.8 Å². The highest BCUT2D eigenvalue weighted by Gasteiger charge is 2.53. The maximum atomic E-state index is 13.5. The van der Waals surface area contributed by atoms with E-state index in [1.54, 1.807) is 24.3 Å². The molecule has 0 radical (unpaired) electrons. The molecule has 1 aliphatic heterocycles. The normalized spacial score (nSPS) is 22.4. The van der Waals surface area contributed by atoms with Crippen LogP contribution in [0, 0.1) is 0 Å². The van der Waals surface area contributed by atoms with Gasteiger partial charge in [-0.15, -0.1) is 0 Å². The Morgan fingerprint density at radius 2 is 2.00 bits per heavy atom. The number of para-hydroxylation sites is 1. The number of hydrazine groups is 1. The van der Waals surface area contributed by atoms with E-state index in [1.165, 1.54) is 6.07 Å². The van der Waals surface area contributed by atoms with Crippen molar-refractivity contribution >= 4 is 16.8 Å². The third kappa shape index (κ3) is 2.91. The van der Waals surface area contributed by atoms with Gasteiger partial charge in [0.2, 0.25) is 5.72 Å². The predicted octanol–water partition coefficient (Wildman–Crippen LogP) is 3.52. The first-order valence-electron chi connectivity index (χ1n) is 8.37. The number of carbonyl (C=O) groups is 1. The third-order valence-electron chi connectivity index (χ3n) is 4.81. The van der Waals surface area contributed by atoms with Gasteiger partial charge in [0, 0.05) is 17.0 Å². The lowest BCUT2D eigenvalue weighted by atomic mass is 10.0. The molecule has 1 saturated carbocycles. The van der Waals surface area contributed by atoms with Gasteiger partial charge in [-0.3, -0.25) is 15.2 Å². The fourth-order valence-corrected chi connectivity index (χ4v) is 3.20. The van der Waals surface area contributed by atoms with Crippen molar-refractivity contribution in [3.05, 3.63) is 53.4 Å². The first-order valence-corrected chi connectivity index (χ1v) is 8.37. The fourth-order valence-electron chi connectivity index (χ4n) is 3.20. The molecule has 1 atom stereocenters. The lowest BCUT2D eigenvalue weighted by Crippen LogP contribution is -2.55. The number of halogens is 4. The number of hydrogen-bond acceptors (Lipinski definition) is 4. The van der Waals surface area contributed by atoms with Crippen LogP contribution in [0.1, 0.15) is 41.2 Å². The highest BCUT2D eigenvalue weighted by Crippen LogP contribution is 2.41. The van der Waals surface area contributed by atoms with Crippen LogP contribution in [0.3, 0.4) is 0 Å². The second-order valence-electron chi connectivity index (χ2n) is 6.73. The monoisotopic (exact) mass is 381 g/mol. The fraction of sp³-hybridized carbons (Fsp3) is 0.333. The molecule has 2 fully saturated rings. The van der Waals surface area contributed by atoms with Gasteiger partial charge < -0.3 is 5.11 Å². The summed E-state index contributed by atoms with van der Waals surface area (Å²) in [4.78, 5) is 17.5. The van der Waals surface area contributed by atoms with Gasteiger partial charge in [-0.25, -0.2) is 13.8 Å². The number of carbonyl (C=O) groups excluding carboxylic acids is 1. The molecule has 0 bridgehead atoms. The Kier molecular flexibility index (Phi) is 4.06. The van der Waals surface area contributed by atoms with Gasteiger partial charge in [0.1, 0.15) is 5.70 Å². The summed E-state index contributed by atoms with van der Waals surface area (Å²) in [5.41, 5.74) is -0.864. The largest absolute Gasteiger partial charge is 0.364 e. The summed E-state index contributed by atoms with van der Waals surface area (Å²) >= 11 is 0. The molecule has 1 amide bonds. The second-order valence-corrected chi connectivity index (χ2v) is 6.73. The third-order valence-corrected chi connectivity index (χ3v) is 4.81. The Morgan fingerprint density at radius 1 is 1.30 bits per heavy atom. The van der Waals surface area contributed by atoms with Crippen LogP contribution in [-0.2, 0) is 0 Å². The summed E-state index contributed by atoms with van der Waals surface area (Å²) in [6, 6.07) is 8.14. The van der Waals surface area contributed by atoms with Crippen molar-refractivity contribution in [3.63, 3.8) is 0 Å². The van der Waals surface area contributed by atoms with Crippen molar-refractivity contribution in [1.82, 2.24) is 15.4 Å². The summed E-state index contributed by atoms with van der Waals surface area (Å²) in [5.74, 6) is -0.838. The molecule has 1 aliphatic carbocycles. The Hall–Kier alpha value is -2.68. The molecule has 2 N–H and O–H groups in total. The van der Waals surface area contributed by atoms with Crippen LogP contribution in [0.15, 0.2) is 42.1 Å². The van der Waals surface area contributed by atoms with E-state index in [-0.39, 0.29) is 16.5 Å².